The van der Waals surface area contributed by atoms with E-state index in [9.17, 15) is 9.59 Å². The third-order valence-electron chi connectivity index (χ3n) is 5.79. The number of hydrogen-bond donors (Lipinski definition) is 9. The van der Waals surface area contributed by atoms with E-state index in [1.165, 1.54) is 0 Å². The molecule has 0 spiro atoms. The van der Waals surface area contributed by atoms with Gasteiger partial charge in [0.05, 0.1) is 5.54 Å². The number of nitrogens with one attached hydrogen (secondary N) is 6. The van der Waals surface area contributed by atoms with Crippen LogP contribution in [-0.4, -0.2) is 95.9 Å². The second-order valence-electron chi connectivity index (χ2n) is 9.10. The minimum absolute atomic E-state index is 0.0143. The molecule has 12 N–H and O–H groups in total. The Kier molecular flexibility index (Phi) is 14.6. The quantitative estimate of drug-likeness (QED) is 0.152. The van der Waals surface area contributed by atoms with Gasteiger partial charge >= 0.3 is 0 Å². The van der Waals surface area contributed by atoms with Crippen molar-refractivity contribution in [3.63, 3.8) is 0 Å². The van der Waals surface area contributed by atoms with Crippen LogP contribution < -0.4 is 49.1 Å². The molecule has 0 atom stereocenters. The largest absolute Gasteiger partial charge is 0.356 e. The minimum atomic E-state index is -0.587. The molecule has 1 aliphatic rings. The molecule has 0 saturated carbocycles. The van der Waals surface area contributed by atoms with E-state index in [2.05, 4.69) is 38.8 Å². The van der Waals surface area contributed by atoms with Crippen LogP contribution in [0.15, 0.2) is 0 Å². The van der Waals surface area contributed by atoms with Crippen LogP contribution in [0.3, 0.4) is 0 Å². The number of carbonyl (C=O) groups is 2. The lowest BCUT2D eigenvalue weighted by atomic mass is 9.90. The zero-order valence-electron chi connectivity index (χ0n) is 19.9. The Bertz CT molecular complexity index is 517. The summed E-state index contributed by atoms with van der Waals surface area (Å²) >= 11 is 0. The first-order valence-electron chi connectivity index (χ1n) is 11.9. The van der Waals surface area contributed by atoms with E-state index in [0.29, 0.717) is 52.1 Å². The Morgan fingerprint density at radius 2 is 1.31 bits per heavy atom. The molecular formula is C21H47N9O2. The van der Waals surface area contributed by atoms with Crippen LogP contribution in [0.25, 0.3) is 0 Å². The first kappa shape index (κ1) is 28.7. The predicted octanol–water partition coefficient (Wildman–Crippen LogP) is -3.23. The Hall–Kier alpha value is -1.34. The van der Waals surface area contributed by atoms with E-state index in [4.69, 9.17) is 17.2 Å². The van der Waals surface area contributed by atoms with Crippen molar-refractivity contribution in [2.24, 2.45) is 22.6 Å². The number of rotatable bonds is 10. The molecule has 0 radical (unpaired) electrons. The van der Waals surface area contributed by atoms with Crippen LogP contribution in [0.5, 0.6) is 0 Å². The van der Waals surface area contributed by atoms with E-state index < -0.39 is 5.54 Å². The van der Waals surface area contributed by atoms with Crippen molar-refractivity contribution < 1.29 is 9.59 Å². The average molecular weight is 458 g/mol. The third kappa shape index (κ3) is 12.0. The fourth-order valence-electron chi connectivity index (χ4n) is 3.53. The number of carbonyl (C=O) groups excluding carboxylic acids is 2. The van der Waals surface area contributed by atoms with Gasteiger partial charge in [-0.3, -0.25) is 9.59 Å². The fourth-order valence-corrected chi connectivity index (χ4v) is 3.53. The molecule has 1 heterocycles. The van der Waals surface area contributed by atoms with Gasteiger partial charge in [0, 0.05) is 90.2 Å². The minimum Gasteiger partial charge on any atom is -0.356 e. The molecule has 0 aromatic heterocycles. The van der Waals surface area contributed by atoms with Gasteiger partial charge in [0.2, 0.25) is 11.8 Å². The maximum Gasteiger partial charge on any atom is 0.220 e. The van der Waals surface area contributed by atoms with Crippen LogP contribution >= 0.6 is 0 Å². The van der Waals surface area contributed by atoms with Gasteiger partial charge in [-0.15, -0.1) is 0 Å². The normalized spacial score (nSPS) is 26.1. The number of nitrogens with two attached hydrogens (primary N) is 3. The molecule has 0 aromatic rings. The second-order valence-corrected chi connectivity index (χ2v) is 9.10. The van der Waals surface area contributed by atoms with Crippen molar-refractivity contribution in [1.29, 1.82) is 0 Å². The Balaban J connectivity index is 2.52. The van der Waals surface area contributed by atoms with E-state index in [1.807, 2.05) is 0 Å². The van der Waals surface area contributed by atoms with Crippen molar-refractivity contribution >= 4 is 11.8 Å². The first-order valence-corrected chi connectivity index (χ1v) is 11.9. The Morgan fingerprint density at radius 3 is 1.81 bits per heavy atom. The summed E-state index contributed by atoms with van der Waals surface area (Å²) in [5.41, 5.74) is 16.9. The summed E-state index contributed by atoms with van der Waals surface area (Å²) in [6, 6.07) is 0. The zero-order chi connectivity index (χ0) is 23.7. The molecule has 0 aromatic carbocycles. The molecule has 188 valence electrons. The summed E-state index contributed by atoms with van der Waals surface area (Å²) in [6.45, 7) is 10.1. The lowest BCUT2D eigenvalue weighted by molar-refractivity contribution is -0.123. The fraction of sp³-hybridized carbons (Fsp3) is 0.905. The maximum atomic E-state index is 12.6. The van der Waals surface area contributed by atoms with Crippen LogP contribution in [0.4, 0.5) is 0 Å². The molecule has 0 bridgehead atoms. The lowest BCUT2D eigenvalue weighted by Gasteiger charge is -2.35. The molecule has 32 heavy (non-hydrogen) atoms. The van der Waals surface area contributed by atoms with Gasteiger partial charge in [-0.1, -0.05) is 6.92 Å². The van der Waals surface area contributed by atoms with Gasteiger partial charge in [0.25, 0.3) is 0 Å². The highest BCUT2D eigenvalue weighted by Crippen LogP contribution is 2.11. The molecule has 1 saturated heterocycles. The lowest BCUT2D eigenvalue weighted by Crippen LogP contribution is -2.65. The van der Waals surface area contributed by atoms with Crippen molar-refractivity contribution in [3.8, 4) is 0 Å². The van der Waals surface area contributed by atoms with Crippen LogP contribution in [0.2, 0.25) is 0 Å². The van der Waals surface area contributed by atoms with Crippen LogP contribution in [0, 0.1) is 5.41 Å². The van der Waals surface area contributed by atoms with Gasteiger partial charge in [-0.05, 0) is 19.4 Å². The summed E-state index contributed by atoms with van der Waals surface area (Å²) < 4.78 is 0. The maximum absolute atomic E-state index is 12.6. The Labute approximate surface area is 193 Å². The van der Waals surface area contributed by atoms with Crippen molar-refractivity contribution in [1.82, 2.24) is 31.9 Å². The second kappa shape index (κ2) is 16.3. The molecule has 11 nitrogen and oxygen atoms in total. The third-order valence-corrected chi connectivity index (χ3v) is 5.79. The molecule has 11 heteroatoms. The van der Waals surface area contributed by atoms with Gasteiger partial charge in [0.1, 0.15) is 0 Å². The van der Waals surface area contributed by atoms with Crippen molar-refractivity contribution in [2.45, 2.75) is 38.1 Å². The smallest absolute Gasteiger partial charge is 0.220 e. The number of amides is 2. The van der Waals surface area contributed by atoms with Gasteiger partial charge in [0.15, 0.2) is 0 Å². The van der Waals surface area contributed by atoms with E-state index in [-0.39, 0.29) is 23.7 Å². The topological polar surface area (TPSA) is 184 Å². The van der Waals surface area contributed by atoms with Crippen LogP contribution in [-0.2, 0) is 9.59 Å². The highest BCUT2D eigenvalue weighted by Gasteiger charge is 2.30. The predicted molar refractivity (Wildman–Crippen MR) is 129 cm³/mol. The van der Waals surface area contributed by atoms with E-state index in [0.717, 1.165) is 45.7 Å². The summed E-state index contributed by atoms with van der Waals surface area (Å²) in [5, 5.41) is 19.7. The van der Waals surface area contributed by atoms with Gasteiger partial charge in [-0.2, -0.15) is 0 Å². The molecule has 1 fully saturated rings. The first-order chi connectivity index (χ1) is 15.4. The SMILES string of the molecule is CC1(CN)CNCCNCC(CN)(NC(=O)CCCC(=O)NCCCN)CNCCNC1. The Morgan fingerprint density at radius 1 is 0.781 bits per heavy atom. The monoisotopic (exact) mass is 457 g/mol. The molecule has 1 rings (SSSR count). The van der Waals surface area contributed by atoms with E-state index in [1.54, 1.807) is 0 Å². The molecule has 0 unspecified atom stereocenters. The van der Waals surface area contributed by atoms with Gasteiger partial charge < -0.3 is 49.1 Å². The molecular weight excluding hydrogens is 410 g/mol. The summed E-state index contributed by atoms with van der Waals surface area (Å²) in [6.07, 6.45) is 1.86. The standard InChI is InChI=1S/C21H47N9O2/c1-20(12-23)14-25-8-10-27-16-21(13-24,17-28-11-9-26-15-20)30-19(32)5-2-4-18(31)29-7-3-6-22/h25-28H,2-17,22-24H2,1H3,(H,29,31)(H,30,32). The van der Waals surface area contributed by atoms with E-state index >= 15 is 0 Å². The van der Waals surface area contributed by atoms with Crippen molar-refractivity contribution in [2.75, 3.05) is 78.5 Å². The van der Waals surface area contributed by atoms with Crippen molar-refractivity contribution in [3.05, 3.63) is 0 Å². The average Bonchev–Trinajstić information content (AvgIpc) is 2.78. The summed E-state index contributed by atoms with van der Waals surface area (Å²) in [5.74, 6) is -0.142. The highest BCUT2D eigenvalue weighted by molar-refractivity contribution is 5.79. The summed E-state index contributed by atoms with van der Waals surface area (Å²) in [7, 11) is 0. The number of hydrogen-bond acceptors (Lipinski definition) is 9. The molecule has 0 aliphatic carbocycles. The zero-order valence-corrected chi connectivity index (χ0v) is 19.9. The molecule has 2 amide bonds. The molecule has 1 aliphatic heterocycles. The van der Waals surface area contributed by atoms with Crippen LogP contribution in [0.1, 0.15) is 32.6 Å². The summed E-state index contributed by atoms with van der Waals surface area (Å²) in [4.78, 5) is 24.4. The van der Waals surface area contributed by atoms with Gasteiger partial charge in [-0.25, -0.2) is 0 Å². The highest BCUT2D eigenvalue weighted by atomic mass is 16.2.